The first-order chi connectivity index (χ1) is 12.7. The lowest BCUT2D eigenvalue weighted by molar-refractivity contribution is -0.125. The molecule has 1 amide bonds. The summed E-state index contributed by atoms with van der Waals surface area (Å²) in [5, 5.41) is 2.81. The van der Waals surface area contributed by atoms with Gasteiger partial charge in [-0.1, -0.05) is 19.9 Å². The molecule has 0 aliphatic rings. The topological polar surface area (TPSA) is 69.7 Å². The third-order valence-electron chi connectivity index (χ3n) is 3.42. The van der Waals surface area contributed by atoms with E-state index in [2.05, 4.69) is 17.2 Å². The Balaban J connectivity index is 1.92. The van der Waals surface area contributed by atoms with Crippen LogP contribution in [0.25, 0.3) is 0 Å². The smallest absolute Gasteiger partial charge is 0.246 e. The molecule has 0 aliphatic carbocycles. The lowest BCUT2D eigenvalue weighted by Gasteiger charge is -2.11. The van der Waals surface area contributed by atoms with Crippen LogP contribution in [0.3, 0.4) is 0 Å². The van der Waals surface area contributed by atoms with E-state index in [1.54, 1.807) is 6.20 Å². The minimum absolute atomic E-state index is 0.0590. The fourth-order valence-corrected chi connectivity index (χ4v) is 2.14. The van der Waals surface area contributed by atoms with Crippen molar-refractivity contribution in [3.05, 3.63) is 48.2 Å². The van der Waals surface area contributed by atoms with Crippen LogP contribution < -0.4 is 14.8 Å². The highest BCUT2D eigenvalue weighted by Crippen LogP contribution is 2.25. The van der Waals surface area contributed by atoms with Crippen LogP contribution in [0.1, 0.15) is 32.3 Å². The molecule has 0 atom stereocenters. The Labute approximate surface area is 154 Å². The Bertz CT molecular complexity index is 674. The molecule has 0 radical (unpaired) electrons. The standard InChI is InChI=1S/C20H26N2O4/c1-3-12-24-15-19(23)22-14-16-6-5-11-21-20(16)26-18-9-7-17(8-10-18)25-13-4-2/h5-11H,3-4,12-15H2,1-2H3,(H,22,23). The van der Waals surface area contributed by atoms with E-state index >= 15 is 0 Å². The van der Waals surface area contributed by atoms with Gasteiger partial charge in [0.1, 0.15) is 18.1 Å². The van der Waals surface area contributed by atoms with E-state index in [4.69, 9.17) is 14.2 Å². The molecule has 140 valence electrons. The van der Waals surface area contributed by atoms with Gasteiger partial charge in [-0.25, -0.2) is 4.98 Å². The van der Waals surface area contributed by atoms with Crippen LogP contribution in [0.5, 0.6) is 17.4 Å². The van der Waals surface area contributed by atoms with Gasteiger partial charge < -0.3 is 19.5 Å². The summed E-state index contributed by atoms with van der Waals surface area (Å²) >= 11 is 0. The van der Waals surface area contributed by atoms with Crippen LogP contribution in [-0.4, -0.2) is 30.7 Å². The van der Waals surface area contributed by atoms with Crippen molar-refractivity contribution in [2.24, 2.45) is 0 Å². The summed E-state index contributed by atoms with van der Waals surface area (Å²) in [7, 11) is 0. The largest absolute Gasteiger partial charge is 0.494 e. The summed E-state index contributed by atoms with van der Waals surface area (Å²) in [5.74, 6) is 1.77. The van der Waals surface area contributed by atoms with Crippen molar-refractivity contribution in [3.8, 4) is 17.4 Å². The second-order valence-corrected chi connectivity index (χ2v) is 5.72. The van der Waals surface area contributed by atoms with Gasteiger partial charge in [0.2, 0.25) is 11.8 Å². The highest BCUT2D eigenvalue weighted by Gasteiger charge is 2.08. The van der Waals surface area contributed by atoms with Crippen LogP contribution in [-0.2, 0) is 16.1 Å². The Morgan fingerprint density at radius 1 is 1.04 bits per heavy atom. The number of nitrogens with one attached hydrogen (secondary N) is 1. The number of benzene rings is 1. The summed E-state index contributed by atoms with van der Waals surface area (Å²) in [6, 6.07) is 11.1. The van der Waals surface area contributed by atoms with E-state index in [1.165, 1.54) is 0 Å². The average molecular weight is 358 g/mol. The van der Waals surface area contributed by atoms with Gasteiger partial charge in [-0.2, -0.15) is 0 Å². The maximum atomic E-state index is 11.8. The van der Waals surface area contributed by atoms with Crippen molar-refractivity contribution in [3.63, 3.8) is 0 Å². The van der Waals surface area contributed by atoms with Gasteiger partial charge in [0.25, 0.3) is 0 Å². The quantitative estimate of drug-likeness (QED) is 0.620. The normalized spacial score (nSPS) is 10.4. The van der Waals surface area contributed by atoms with Crippen LogP contribution in [0, 0.1) is 0 Å². The fraction of sp³-hybridized carbons (Fsp3) is 0.400. The van der Waals surface area contributed by atoms with Gasteiger partial charge in [0, 0.05) is 24.9 Å². The number of hydrogen-bond acceptors (Lipinski definition) is 5. The number of carbonyl (C=O) groups excluding carboxylic acids is 1. The predicted octanol–water partition coefficient (Wildman–Crippen LogP) is 3.71. The number of nitrogens with zero attached hydrogens (tertiary/aromatic N) is 1. The van der Waals surface area contributed by atoms with E-state index in [-0.39, 0.29) is 12.5 Å². The Morgan fingerprint density at radius 3 is 2.50 bits per heavy atom. The second kappa shape index (κ2) is 11.1. The third kappa shape index (κ3) is 6.72. The van der Waals surface area contributed by atoms with Crippen molar-refractivity contribution in [2.45, 2.75) is 33.2 Å². The highest BCUT2D eigenvalue weighted by atomic mass is 16.5. The molecule has 1 aromatic heterocycles. The predicted molar refractivity (Wildman–Crippen MR) is 99.5 cm³/mol. The van der Waals surface area contributed by atoms with Gasteiger partial charge in [0.05, 0.1) is 6.61 Å². The van der Waals surface area contributed by atoms with E-state index in [9.17, 15) is 4.79 Å². The monoisotopic (exact) mass is 358 g/mol. The van der Waals surface area contributed by atoms with Crippen molar-refractivity contribution >= 4 is 5.91 Å². The molecular formula is C20H26N2O4. The molecule has 1 N–H and O–H groups in total. The molecule has 2 rings (SSSR count). The molecule has 0 saturated heterocycles. The number of pyridine rings is 1. The first-order valence-electron chi connectivity index (χ1n) is 8.92. The molecule has 1 aromatic carbocycles. The number of carbonyl (C=O) groups is 1. The molecule has 0 saturated carbocycles. The molecule has 6 nitrogen and oxygen atoms in total. The number of aromatic nitrogens is 1. The molecule has 0 unspecified atom stereocenters. The van der Waals surface area contributed by atoms with E-state index in [0.717, 1.165) is 24.2 Å². The summed E-state index contributed by atoms with van der Waals surface area (Å²) in [5.41, 5.74) is 0.794. The SMILES string of the molecule is CCCOCC(=O)NCc1cccnc1Oc1ccc(OCCC)cc1. The zero-order valence-corrected chi connectivity index (χ0v) is 15.4. The van der Waals surface area contributed by atoms with Gasteiger partial charge in [0.15, 0.2) is 0 Å². The summed E-state index contributed by atoms with van der Waals surface area (Å²) < 4.78 is 16.6. The number of amides is 1. The highest BCUT2D eigenvalue weighted by molar-refractivity contribution is 5.77. The Hall–Kier alpha value is -2.60. The number of hydrogen-bond donors (Lipinski definition) is 1. The van der Waals surface area contributed by atoms with E-state index in [0.29, 0.717) is 31.4 Å². The Morgan fingerprint density at radius 2 is 1.77 bits per heavy atom. The maximum Gasteiger partial charge on any atom is 0.246 e. The van der Waals surface area contributed by atoms with Crippen molar-refractivity contribution in [2.75, 3.05) is 19.8 Å². The molecule has 0 aliphatic heterocycles. The zero-order valence-electron chi connectivity index (χ0n) is 15.4. The molecule has 6 heteroatoms. The van der Waals surface area contributed by atoms with Gasteiger partial charge in [-0.15, -0.1) is 0 Å². The minimum Gasteiger partial charge on any atom is -0.494 e. The average Bonchev–Trinajstić information content (AvgIpc) is 2.67. The molecule has 26 heavy (non-hydrogen) atoms. The molecular weight excluding hydrogens is 332 g/mol. The minimum atomic E-state index is -0.161. The molecule has 0 fully saturated rings. The summed E-state index contributed by atoms with van der Waals surface area (Å²) in [4.78, 5) is 16.0. The maximum absolute atomic E-state index is 11.8. The molecule has 0 spiro atoms. The lowest BCUT2D eigenvalue weighted by Crippen LogP contribution is -2.27. The van der Waals surface area contributed by atoms with Gasteiger partial charge >= 0.3 is 0 Å². The molecule has 1 heterocycles. The Kier molecular flexibility index (Phi) is 8.42. The fourth-order valence-electron chi connectivity index (χ4n) is 2.14. The first-order valence-corrected chi connectivity index (χ1v) is 8.92. The van der Waals surface area contributed by atoms with Gasteiger partial charge in [-0.05, 0) is 43.2 Å². The van der Waals surface area contributed by atoms with Crippen molar-refractivity contribution in [1.29, 1.82) is 0 Å². The van der Waals surface area contributed by atoms with Crippen molar-refractivity contribution < 1.29 is 19.0 Å². The van der Waals surface area contributed by atoms with Crippen molar-refractivity contribution in [1.82, 2.24) is 10.3 Å². The van der Waals surface area contributed by atoms with Gasteiger partial charge in [-0.3, -0.25) is 4.79 Å². The lowest BCUT2D eigenvalue weighted by atomic mass is 10.2. The number of ether oxygens (including phenoxy) is 3. The van der Waals surface area contributed by atoms with Crippen LogP contribution >= 0.6 is 0 Å². The molecule has 2 aromatic rings. The van der Waals surface area contributed by atoms with Crippen LogP contribution in [0.4, 0.5) is 0 Å². The van der Waals surface area contributed by atoms with Crippen LogP contribution in [0.15, 0.2) is 42.6 Å². The van der Waals surface area contributed by atoms with E-state index < -0.39 is 0 Å². The first kappa shape index (κ1) is 19.7. The number of rotatable bonds is 11. The van der Waals surface area contributed by atoms with E-state index in [1.807, 2.05) is 43.3 Å². The third-order valence-corrected chi connectivity index (χ3v) is 3.42. The molecule has 0 bridgehead atoms. The zero-order chi connectivity index (χ0) is 18.6. The summed E-state index contributed by atoms with van der Waals surface area (Å²) in [6.45, 7) is 5.71. The summed E-state index contributed by atoms with van der Waals surface area (Å²) in [6.07, 6.45) is 3.50. The second-order valence-electron chi connectivity index (χ2n) is 5.72. The van der Waals surface area contributed by atoms with Crippen LogP contribution in [0.2, 0.25) is 0 Å².